The van der Waals surface area contributed by atoms with Crippen LogP contribution in [0.5, 0.6) is 0 Å². The Bertz CT molecular complexity index is 1260. The van der Waals surface area contributed by atoms with Crippen LogP contribution in [0.4, 0.5) is 0 Å². The van der Waals surface area contributed by atoms with Crippen LogP contribution in [-0.4, -0.2) is 87.5 Å². The first kappa shape index (κ1) is 70.4. The lowest BCUT2D eigenvalue weighted by molar-refractivity contribution is -0.302. The zero-order valence-electron chi connectivity index (χ0n) is 48.6. The summed E-state index contributed by atoms with van der Waals surface area (Å²) in [5.41, 5.74) is 0. The van der Waals surface area contributed by atoms with Crippen LogP contribution in [0.25, 0.3) is 0 Å². The van der Waals surface area contributed by atoms with Crippen LogP contribution in [0.3, 0.4) is 0 Å². The molecule has 9 nitrogen and oxygen atoms in total. The van der Waals surface area contributed by atoms with Gasteiger partial charge >= 0.3 is 0 Å². The molecule has 7 atom stereocenters. The predicted molar refractivity (Wildman–Crippen MR) is 313 cm³/mol. The number of hydrogen-bond acceptors (Lipinski definition) is 8. The molecule has 1 amide bonds. The molecule has 0 spiro atoms. The van der Waals surface area contributed by atoms with Crippen molar-refractivity contribution in [3.05, 3.63) is 36.5 Å². The van der Waals surface area contributed by atoms with Crippen molar-refractivity contribution in [3.8, 4) is 0 Å². The first-order valence-electron chi connectivity index (χ1n) is 32.2. The van der Waals surface area contributed by atoms with Crippen LogP contribution < -0.4 is 5.32 Å². The van der Waals surface area contributed by atoms with Gasteiger partial charge in [0.2, 0.25) is 5.91 Å². The van der Waals surface area contributed by atoms with Gasteiger partial charge in [-0.15, -0.1) is 0 Å². The molecule has 6 N–H and O–H groups in total. The van der Waals surface area contributed by atoms with Crippen LogP contribution in [-0.2, 0) is 14.3 Å². The Morgan fingerprint density at radius 3 is 1.11 bits per heavy atom. The third kappa shape index (κ3) is 43.4. The highest BCUT2D eigenvalue weighted by atomic mass is 16.7. The average Bonchev–Trinajstić information content (AvgIpc) is 3.40. The van der Waals surface area contributed by atoms with Crippen molar-refractivity contribution in [2.75, 3.05) is 13.2 Å². The van der Waals surface area contributed by atoms with E-state index in [1.165, 1.54) is 238 Å². The lowest BCUT2D eigenvalue weighted by Crippen LogP contribution is -2.60. The minimum atomic E-state index is -1.57. The molecule has 0 saturated carbocycles. The van der Waals surface area contributed by atoms with Crippen molar-refractivity contribution in [1.82, 2.24) is 5.32 Å². The summed E-state index contributed by atoms with van der Waals surface area (Å²) in [5.74, 6) is -0.188. The number of aliphatic hydroxyl groups is 5. The molecule has 436 valence electrons. The monoisotopic (exact) mass is 1050 g/mol. The van der Waals surface area contributed by atoms with Crippen molar-refractivity contribution in [2.45, 2.75) is 358 Å². The zero-order valence-corrected chi connectivity index (χ0v) is 48.6. The van der Waals surface area contributed by atoms with Crippen molar-refractivity contribution in [1.29, 1.82) is 0 Å². The van der Waals surface area contributed by atoms with Crippen LogP contribution in [0.1, 0.15) is 316 Å². The maximum absolute atomic E-state index is 13.0. The van der Waals surface area contributed by atoms with E-state index in [1.807, 2.05) is 6.08 Å². The van der Waals surface area contributed by atoms with E-state index >= 15 is 0 Å². The summed E-state index contributed by atoms with van der Waals surface area (Å²) in [7, 11) is 0. The first-order valence-corrected chi connectivity index (χ1v) is 32.2. The molecule has 7 unspecified atom stereocenters. The third-order valence-corrected chi connectivity index (χ3v) is 15.4. The van der Waals surface area contributed by atoms with Gasteiger partial charge in [0.05, 0.1) is 25.4 Å². The van der Waals surface area contributed by atoms with E-state index in [2.05, 4.69) is 43.5 Å². The summed E-state index contributed by atoms with van der Waals surface area (Å²) in [6.45, 7) is 3.70. The number of nitrogens with one attached hydrogen (secondary N) is 1. The van der Waals surface area contributed by atoms with E-state index in [1.54, 1.807) is 6.08 Å². The van der Waals surface area contributed by atoms with Gasteiger partial charge in [-0.05, 0) is 38.5 Å². The molecule has 9 heteroatoms. The van der Waals surface area contributed by atoms with E-state index in [0.29, 0.717) is 6.42 Å². The lowest BCUT2D eigenvalue weighted by Gasteiger charge is -2.40. The van der Waals surface area contributed by atoms with E-state index in [4.69, 9.17) is 9.47 Å². The fourth-order valence-electron chi connectivity index (χ4n) is 10.4. The smallest absolute Gasteiger partial charge is 0.220 e. The highest BCUT2D eigenvalue weighted by molar-refractivity contribution is 5.76. The molecule has 1 aliphatic rings. The predicted octanol–water partition coefficient (Wildman–Crippen LogP) is 16.7. The van der Waals surface area contributed by atoms with Gasteiger partial charge < -0.3 is 40.3 Å². The van der Waals surface area contributed by atoms with Gasteiger partial charge in [0.1, 0.15) is 24.4 Å². The number of aliphatic hydroxyl groups excluding tert-OH is 5. The van der Waals surface area contributed by atoms with Gasteiger partial charge in [0.25, 0.3) is 0 Å². The molecule has 1 heterocycles. The molecule has 0 aromatic carbocycles. The van der Waals surface area contributed by atoms with Gasteiger partial charge in [-0.25, -0.2) is 0 Å². The van der Waals surface area contributed by atoms with Crippen molar-refractivity contribution in [2.24, 2.45) is 0 Å². The molecular weight excluding hydrogens is 923 g/mol. The van der Waals surface area contributed by atoms with Crippen LogP contribution in [0, 0.1) is 0 Å². The molecule has 0 bridgehead atoms. The number of hydrogen-bond donors (Lipinski definition) is 6. The fraction of sp³-hybridized carbons (Fsp3) is 0.892. The minimum Gasteiger partial charge on any atom is -0.394 e. The minimum absolute atomic E-state index is 0.188. The molecule has 74 heavy (non-hydrogen) atoms. The van der Waals surface area contributed by atoms with Gasteiger partial charge in [-0.1, -0.05) is 307 Å². The molecule has 0 aliphatic carbocycles. The Labute approximate surface area is 457 Å². The number of unbranched alkanes of at least 4 members (excludes halogenated alkanes) is 42. The molecule has 1 rings (SSSR count). The maximum Gasteiger partial charge on any atom is 0.220 e. The summed E-state index contributed by atoms with van der Waals surface area (Å²) < 4.78 is 11.2. The summed E-state index contributed by atoms with van der Waals surface area (Å²) >= 11 is 0. The van der Waals surface area contributed by atoms with Crippen molar-refractivity contribution in [3.63, 3.8) is 0 Å². The molecule has 1 aliphatic heterocycles. The first-order chi connectivity index (χ1) is 36.3. The fourth-order valence-corrected chi connectivity index (χ4v) is 10.4. The lowest BCUT2D eigenvalue weighted by atomic mass is 9.99. The molecule has 0 radical (unpaired) electrons. The SMILES string of the molecule is CCC/C=C/CC/C=C/CC/C=C/C(O)C(COC1OC(CO)C(O)C(O)C1O)NC(=O)CCCCCCCCCCCCCCCCCCCCCCCCCCCCCCCCCCCCCCCCCC. The van der Waals surface area contributed by atoms with Gasteiger partial charge in [0.15, 0.2) is 6.29 Å². The number of carbonyl (C=O) groups excluding carboxylic acids is 1. The summed E-state index contributed by atoms with van der Waals surface area (Å²) in [5, 5.41) is 54.3. The van der Waals surface area contributed by atoms with Gasteiger partial charge in [-0.3, -0.25) is 4.79 Å². The van der Waals surface area contributed by atoms with Crippen molar-refractivity contribution >= 4 is 5.91 Å². The normalized spacial score (nSPS) is 19.1. The quantitative estimate of drug-likeness (QED) is 0.0261. The second-order valence-corrected chi connectivity index (χ2v) is 22.5. The number of ether oxygens (including phenoxy) is 2. The summed E-state index contributed by atoms with van der Waals surface area (Å²) in [6.07, 6.45) is 65.8. The number of rotatable bonds is 56. The summed E-state index contributed by atoms with van der Waals surface area (Å²) in [6, 6.07) is -0.825. The van der Waals surface area contributed by atoms with Crippen LogP contribution in [0.2, 0.25) is 0 Å². The molecule has 0 aromatic heterocycles. The number of carbonyl (C=O) groups is 1. The van der Waals surface area contributed by atoms with E-state index < -0.39 is 49.5 Å². The third-order valence-electron chi connectivity index (χ3n) is 15.4. The zero-order chi connectivity index (χ0) is 53.6. The number of allylic oxidation sites excluding steroid dienone is 5. The maximum atomic E-state index is 13.0. The summed E-state index contributed by atoms with van der Waals surface area (Å²) in [4.78, 5) is 13.0. The Kier molecular flexibility index (Phi) is 52.1. The standard InChI is InChI=1S/C65H123NO8/c1-3-5-7-9-11-13-15-16-17-18-19-20-21-22-23-24-25-26-27-28-29-30-31-32-33-34-35-36-37-38-39-40-41-42-43-45-47-49-51-53-55-61(69)66-58(57-73-65-64(72)63(71)62(70)60(56-67)74-65)59(68)54-52-50-48-46-44-14-12-10-8-6-4-2/h8,10,44,46,52,54,58-60,62-65,67-68,70-72H,3-7,9,11-43,45,47-51,53,55-57H2,1-2H3,(H,66,69)/b10-8+,46-44+,54-52+. The molecular formula is C65H123NO8. The Morgan fingerprint density at radius 1 is 0.446 bits per heavy atom. The van der Waals surface area contributed by atoms with E-state index in [9.17, 15) is 30.3 Å². The van der Waals surface area contributed by atoms with E-state index in [-0.39, 0.29) is 12.5 Å². The van der Waals surface area contributed by atoms with Crippen LogP contribution in [0.15, 0.2) is 36.5 Å². The van der Waals surface area contributed by atoms with Gasteiger partial charge in [-0.2, -0.15) is 0 Å². The second-order valence-electron chi connectivity index (χ2n) is 22.5. The Balaban J connectivity index is 1.98. The highest BCUT2D eigenvalue weighted by Crippen LogP contribution is 2.23. The molecule has 0 aromatic rings. The Morgan fingerprint density at radius 2 is 0.770 bits per heavy atom. The van der Waals surface area contributed by atoms with Gasteiger partial charge in [0, 0.05) is 6.42 Å². The average molecular weight is 1050 g/mol. The van der Waals surface area contributed by atoms with Crippen molar-refractivity contribution < 1.29 is 39.8 Å². The highest BCUT2D eigenvalue weighted by Gasteiger charge is 2.44. The van der Waals surface area contributed by atoms with Crippen LogP contribution >= 0.6 is 0 Å². The molecule has 1 fully saturated rings. The van der Waals surface area contributed by atoms with E-state index in [0.717, 1.165) is 57.8 Å². The Hall–Kier alpha value is -1.59. The number of amides is 1. The largest absolute Gasteiger partial charge is 0.394 e. The second kappa shape index (κ2) is 54.8. The topological polar surface area (TPSA) is 149 Å². The molecule has 1 saturated heterocycles.